The van der Waals surface area contributed by atoms with Crippen molar-refractivity contribution in [3.63, 3.8) is 0 Å². The van der Waals surface area contributed by atoms with Gasteiger partial charge < -0.3 is 24.8 Å². The number of amides is 1. The van der Waals surface area contributed by atoms with Gasteiger partial charge in [-0.3, -0.25) is 9.59 Å². The van der Waals surface area contributed by atoms with Crippen LogP contribution < -0.4 is 19.7 Å². The van der Waals surface area contributed by atoms with Gasteiger partial charge in [0, 0.05) is 12.2 Å². The number of nitrogens with one attached hydrogen (secondary N) is 1. The molecule has 1 amide bonds. The van der Waals surface area contributed by atoms with Crippen LogP contribution in [0.15, 0.2) is 30.3 Å². The molecule has 190 valence electrons. The normalized spacial score (nSPS) is 13.8. The molecule has 2 aromatic carbocycles. The van der Waals surface area contributed by atoms with Gasteiger partial charge in [-0.1, -0.05) is 26.0 Å². The van der Waals surface area contributed by atoms with Crippen LogP contribution in [0.4, 0.5) is 14.5 Å². The van der Waals surface area contributed by atoms with Gasteiger partial charge in [0.15, 0.2) is 0 Å². The SMILES string of the molecule is CN[C@H](CC(=O)O)C(=O)N1CCc2c1ccc(OCc1ccc(CC(C)C)c(OC(F)F)c1)c2C. The first-order chi connectivity index (χ1) is 16.6. The molecule has 2 aromatic rings. The predicted molar refractivity (Wildman–Crippen MR) is 128 cm³/mol. The Morgan fingerprint density at radius 2 is 1.91 bits per heavy atom. The molecule has 7 nitrogen and oxygen atoms in total. The summed E-state index contributed by atoms with van der Waals surface area (Å²) in [5.41, 5.74) is 4.03. The quantitative estimate of drug-likeness (QED) is 0.488. The smallest absolute Gasteiger partial charge is 0.387 e. The first-order valence-electron chi connectivity index (χ1n) is 11.6. The Morgan fingerprint density at radius 3 is 2.54 bits per heavy atom. The lowest BCUT2D eigenvalue weighted by Crippen LogP contribution is -2.45. The number of halogens is 2. The monoisotopic (exact) mass is 490 g/mol. The van der Waals surface area contributed by atoms with E-state index in [1.54, 1.807) is 36.2 Å². The Kier molecular flexibility index (Phi) is 8.67. The number of alkyl halides is 2. The predicted octanol–water partition coefficient (Wildman–Crippen LogP) is 4.33. The molecule has 0 aliphatic carbocycles. The van der Waals surface area contributed by atoms with Gasteiger partial charge >= 0.3 is 12.6 Å². The topological polar surface area (TPSA) is 88.1 Å². The molecule has 0 saturated carbocycles. The maximum absolute atomic E-state index is 12.9. The van der Waals surface area contributed by atoms with Crippen molar-refractivity contribution in [3.8, 4) is 11.5 Å². The first-order valence-corrected chi connectivity index (χ1v) is 11.6. The minimum atomic E-state index is -2.90. The second-order valence-electron chi connectivity index (χ2n) is 9.07. The van der Waals surface area contributed by atoms with Crippen LogP contribution >= 0.6 is 0 Å². The number of likely N-dealkylation sites (N-methyl/N-ethyl adjacent to an activating group) is 1. The molecule has 0 fully saturated rings. The largest absolute Gasteiger partial charge is 0.489 e. The number of rotatable bonds is 11. The highest BCUT2D eigenvalue weighted by Crippen LogP contribution is 2.36. The number of carboxylic acid groups (broad SMARTS) is 1. The van der Waals surface area contributed by atoms with Crippen molar-refractivity contribution in [1.29, 1.82) is 0 Å². The number of fused-ring (bicyclic) bond motifs is 1. The van der Waals surface area contributed by atoms with E-state index in [1.807, 2.05) is 26.8 Å². The van der Waals surface area contributed by atoms with Gasteiger partial charge in [-0.25, -0.2) is 0 Å². The third-order valence-electron chi connectivity index (χ3n) is 6.06. The number of aliphatic carboxylic acids is 1. The fourth-order valence-electron chi connectivity index (χ4n) is 4.36. The van der Waals surface area contributed by atoms with E-state index in [2.05, 4.69) is 5.32 Å². The van der Waals surface area contributed by atoms with Crippen molar-refractivity contribution in [3.05, 3.63) is 52.6 Å². The van der Waals surface area contributed by atoms with E-state index in [1.165, 1.54) is 0 Å². The number of benzene rings is 2. The molecule has 0 bridgehead atoms. The van der Waals surface area contributed by atoms with Gasteiger partial charge in [0.05, 0.1) is 12.5 Å². The van der Waals surface area contributed by atoms with Crippen molar-refractivity contribution in [2.75, 3.05) is 18.5 Å². The number of hydrogen-bond donors (Lipinski definition) is 2. The van der Waals surface area contributed by atoms with Crippen LogP contribution in [-0.4, -0.2) is 43.2 Å². The number of carbonyl (C=O) groups is 2. The summed E-state index contributed by atoms with van der Waals surface area (Å²) in [5, 5.41) is 11.9. The third kappa shape index (κ3) is 6.48. The zero-order valence-corrected chi connectivity index (χ0v) is 20.4. The van der Waals surface area contributed by atoms with E-state index in [-0.39, 0.29) is 24.7 Å². The molecule has 0 radical (unpaired) electrons. The highest BCUT2D eigenvalue weighted by atomic mass is 19.3. The molecule has 3 rings (SSSR count). The fraction of sp³-hybridized carbons (Fsp3) is 0.462. The summed E-state index contributed by atoms with van der Waals surface area (Å²) in [5.74, 6) is -0.234. The Bertz CT molecular complexity index is 1070. The Hall–Kier alpha value is -3.20. The maximum Gasteiger partial charge on any atom is 0.387 e. The van der Waals surface area contributed by atoms with E-state index in [4.69, 9.17) is 14.6 Å². The van der Waals surface area contributed by atoms with Crippen LogP contribution in [0.2, 0.25) is 0 Å². The number of anilines is 1. The van der Waals surface area contributed by atoms with Crippen LogP contribution in [0.3, 0.4) is 0 Å². The van der Waals surface area contributed by atoms with Crippen molar-refractivity contribution in [2.24, 2.45) is 5.92 Å². The van der Waals surface area contributed by atoms with Crippen molar-refractivity contribution in [1.82, 2.24) is 5.32 Å². The summed E-state index contributed by atoms with van der Waals surface area (Å²) in [7, 11) is 1.57. The number of carbonyl (C=O) groups excluding carboxylic acids is 1. The van der Waals surface area contributed by atoms with Gasteiger partial charge in [-0.05, 0) is 73.2 Å². The highest BCUT2D eigenvalue weighted by molar-refractivity contribution is 6.00. The summed E-state index contributed by atoms with van der Waals surface area (Å²) in [6.07, 6.45) is 0.960. The van der Waals surface area contributed by atoms with Crippen molar-refractivity contribution >= 4 is 17.6 Å². The molecule has 1 heterocycles. The van der Waals surface area contributed by atoms with Gasteiger partial charge in [-0.2, -0.15) is 8.78 Å². The summed E-state index contributed by atoms with van der Waals surface area (Å²) < 4.78 is 36.6. The van der Waals surface area contributed by atoms with Gasteiger partial charge in [0.2, 0.25) is 5.91 Å². The lowest BCUT2D eigenvalue weighted by molar-refractivity contribution is -0.139. The molecule has 0 saturated heterocycles. The van der Waals surface area contributed by atoms with E-state index in [9.17, 15) is 18.4 Å². The Balaban J connectivity index is 1.75. The fourth-order valence-corrected chi connectivity index (χ4v) is 4.36. The molecule has 1 aliphatic heterocycles. The molecular formula is C26H32F2N2O5. The average molecular weight is 491 g/mol. The van der Waals surface area contributed by atoms with Crippen LogP contribution in [-0.2, 0) is 29.0 Å². The summed E-state index contributed by atoms with van der Waals surface area (Å²) in [6.45, 7) is 3.66. The molecule has 1 aliphatic rings. The van der Waals surface area contributed by atoms with E-state index in [0.29, 0.717) is 36.6 Å². The lowest BCUT2D eigenvalue weighted by atomic mass is 10.0. The molecule has 1 atom stereocenters. The van der Waals surface area contributed by atoms with Gasteiger partial charge in [0.1, 0.15) is 18.1 Å². The van der Waals surface area contributed by atoms with Crippen LogP contribution in [0.25, 0.3) is 0 Å². The van der Waals surface area contributed by atoms with Crippen molar-refractivity contribution in [2.45, 2.75) is 59.3 Å². The molecular weight excluding hydrogens is 458 g/mol. The second kappa shape index (κ2) is 11.5. The number of nitrogens with zero attached hydrogens (tertiary/aromatic N) is 1. The van der Waals surface area contributed by atoms with E-state index >= 15 is 0 Å². The molecule has 9 heteroatoms. The highest BCUT2D eigenvalue weighted by Gasteiger charge is 2.32. The molecule has 0 unspecified atom stereocenters. The minimum absolute atomic E-state index is 0.162. The summed E-state index contributed by atoms with van der Waals surface area (Å²) in [4.78, 5) is 25.6. The maximum atomic E-state index is 12.9. The van der Waals surface area contributed by atoms with Crippen molar-refractivity contribution < 1.29 is 33.0 Å². The Morgan fingerprint density at radius 1 is 1.17 bits per heavy atom. The zero-order valence-electron chi connectivity index (χ0n) is 20.4. The van der Waals surface area contributed by atoms with Crippen LogP contribution in [0.5, 0.6) is 11.5 Å². The molecule has 0 aromatic heterocycles. The summed E-state index contributed by atoms with van der Waals surface area (Å²) >= 11 is 0. The molecule has 2 N–H and O–H groups in total. The van der Waals surface area contributed by atoms with Gasteiger partial charge in [-0.15, -0.1) is 0 Å². The summed E-state index contributed by atoms with van der Waals surface area (Å²) in [6, 6.07) is 8.00. The van der Waals surface area contributed by atoms with Gasteiger partial charge in [0.25, 0.3) is 0 Å². The van der Waals surface area contributed by atoms with E-state index < -0.39 is 18.6 Å². The van der Waals surface area contributed by atoms with Crippen LogP contribution in [0.1, 0.15) is 42.5 Å². The molecule has 0 spiro atoms. The minimum Gasteiger partial charge on any atom is -0.489 e. The third-order valence-corrected chi connectivity index (χ3v) is 6.06. The second-order valence-corrected chi connectivity index (χ2v) is 9.07. The number of hydrogen-bond acceptors (Lipinski definition) is 5. The average Bonchev–Trinajstić information content (AvgIpc) is 3.22. The number of ether oxygens (including phenoxy) is 2. The zero-order chi connectivity index (χ0) is 25.7. The molecule has 35 heavy (non-hydrogen) atoms. The lowest BCUT2D eigenvalue weighted by Gasteiger charge is -2.23. The van der Waals surface area contributed by atoms with E-state index in [0.717, 1.165) is 22.4 Å². The first kappa shape index (κ1) is 26.4. The van der Waals surface area contributed by atoms with Crippen LogP contribution in [0, 0.1) is 12.8 Å². The number of carboxylic acids is 1. The standard InChI is InChI=1S/C26H32F2N2O5/c1-15(2)11-18-6-5-17(12-23(18)35-26(27)28)14-34-22-8-7-21-19(16(22)3)9-10-30(21)25(33)20(29-4)13-24(31)32/h5-8,12,15,20,26,29H,9-11,13-14H2,1-4H3,(H,31,32)/t20-/m1/s1. The Labute approximate surface area is 204 Å².